The Bertz CT molecular complexity index is 1160. The van der Waals surface area contributed by atoms with Crippen molar-refractivity contribution in [2.24, 2.45) is 0 Å². The molecule has 3 heterocycles. The molecule has 0 saturated carbocycles. The molecule has 1 unspecified atom stereocenters. The lowest BCUT2D eigenvalue weighted by Crippen LogP contribution is -2.40. The van der Waals surface area contributed by atoms with Crippen molar-refractivity contribution < 1.29 is 19.0 Å². The summed E-state index contributed by atoms with van der Waals surface area (Å²) >= 11 is 0. The van der Waals surface area contributed by atoms with Gasteiger partial charge in [0.15, 0.2) is 0 Å². The molecule has 3 aromatic rings. The number of fused-ring (bicyclic) bond motifs is 1. The quantitative estimate of drug-likeness (QED) is 0.588. The van der Waals surface area contributed by atoms with Gasteiger partial charge in [-0.2, -0.15) is 0 Å². The molecule has 0 radical (unpaired) electrons. The number of carbonyl (C=O) groups is 1. The van der Waals surface area contributed by atoms with Gasteiger partial charge in [0.2, 0.25) is 0 Å². The van der Waals surface area contributed by atoms with Crippen LogP contribution in [0.15, 0.2) is 48.5 Å². The molecule has 0 bridgehead atoms. The number of rotatable bonds is 5. The van der Waals surface area contributed by atoms with Crippen LogP contribution in [-0.2, 0) is 4.74 Å². The maximum atomic E-state index is 13.5. The van der Waals surface area contributed by atoms with Gasteiger partial charge >= 0.3 is 0 Å². The minimum absolute atomic E-state index is 0.0379. The van der Waals surface area contributed by atoms with Gasteiger partial charge in [0.25, 0.3) is 5.91 Å². The molecule has 2 fully saturated rings. The maximum absolute atomic E-state index is 13.5. The van der Waals surface area contributed by atoms with Gasteiger partial charge in [-0.1, -0.05) is 18.2 Å². The fourth-order valence-electron chi connectivity index (χ4n) is 4.88. The van der Waals surface area contributed by atoms with Crippen LogP contribution in [0.25, 0.3) is 10.9 Å². The number of methoxy groups -OCH3 is 2. The highest BCUT2D eigenvalue weighted by Gasteiger charge is 2.31. The van der Waals surface area contributed by atoms with Gasteiger partial charge in [-0.25, -0.2) is 4.98 Å². The average molecular weight is 448 g/mol. The molecule has 2 saturated heterocycles. The number of amides is 1. The van der Waals surface area contributed by atoms with Crippen molar-refractivity contribution in [1.82, 2.24) is 9.88 Å². The zero-order chi connectivity index (χ0) is 22.8. The van der Waals surface area contributed by atoms with Crippen molar-refractivity contribution in [3.05, 3.63) is 59.7 Å². The summed E-state index contributed by atoms with van der Waals surface area (Å²) in [4.78, 5) is 22.6. The topological polar surface area (TPSA) is 64.1 Å². The smallest absolute Gasteiger partial charge is 0.254 e. The Morgan fingerprint density at radius 3 is 2.64 bits per heavy atom. The minimum Gasteiger partial charge on any atom is -0.497 e. The minimum atomic E-state index is 0.0379. The first-order valence-corrected chi connectivity index (χ1v) is 11.4. The second kappa shape index (κ2) is 9.27. The molecule has 2 aromatic carbocycles. The van der Waals surface area contributed by atoms with E-state index < -0.39 is 0 Å². The molecule has 2 aliphatic heterocycles. The fourth-order valence-corrected chi connectivity index (χ4v) is 4.88. The Labute approximate surface area is 193 Å². The number of benzene rings is 2. The SMILES string of the molecule is COc1ccc(C2CCCN2c2cc(C(=O)N3CCOCC3)c3ccccc3n2)c(OC)c1. The number of para-hydroxylation sites is 1. The molecule has 0 N–H and O–H groups in total. The summed E-state index contributed by atoms with van der Waals surface area (Å²) in [7, 11) is 3.34. The van der Waals surface area contributed by atoms with Crippen LogP contribution in [0.3, 0.4) is 0 Å². The Balaban J connectivity index is 1.56. The first kappa shape index (κ1) is 21.5. The lowest BCUT2D eigenvalue weighted by molar-refractivity contribution is 0.0304. The molecule has 1 atom stereocenters. The Hall–Kier alpha value is -3.32. The van der Waals surface area contributed by atoms with Crippen LogP contribution in [0.2, 0.25) is 0 Å². The van der Waals surface area contributed by atoms with E-state index >= 15 is 0 Å². The van der Waals surface area contributed by atoms with Crippen molar-refractivity contribution in [2.75, 3.05) is 52.0 Å². The number of hydrogen-bond donors (Lipinski definition) is 0. The lowest BCUT2D eigenvalue weighted by Gasteiger charge is -2.30. The Morgan fingerprint density at radius 1 is 1.03 bits per heavy atom. The van der Waals surface area contributed by atoms with Gasteiger partial charge in [0, 0.05) is 36.7 Å². The first-order valence-electron chi connectivity index (χ1n) is 11.4. The highest BCUT2D eigenvalue weighted by atomic mass is 16.5. The van der Waals surface area contributed by atoms with E-state index in [1.54, 1.807) is 14.2 Å². The maximum Gasteiger partial charge on any atom is 0.254 e. The van der Waals surface area contributed by atoms with E-state index in [4.69, 9.17) is 19.2 Å². The van der Waals surface area contributed by atoms with Crippen LogP contribution < -0.4 is 14.4 Å². The van der Waals surface area contributed by atoms with Gasteiger partial charge in [0.05, 0.1) is 44.6 Å². The predicted octanol–water partition coefficient (Wildman–Crippen LogP) is 4.07. The van der Waals surface area contributed by atoms with Crippen LogP contribution in [0, 0.1) is 0 Å². The molecule has 7 heteroatoms. The Morgan fingerprint density at radius 2 is 1.85 bits per heavy atom. The highest BCUT2D eigenvalue weighted by Crippen LogP contribution is 2.41. The standard InChI is InChI=1S/C26H29N3O4/c1-31-18-9-10-20(24(16-18)32-2)23-8-5-11-29(23)25-17-21(19-6-3-4-7-22(19)27-25)26(30)28-12-14-33-15-13-28/h3-4,6-7,9-10,16-17,23H,5,8,11-15H2,1-2H3. The van der Waals surface area contributed by atoms with E-state index in [-0.39, 0.29) is 11.9 Å². The zero-order valence-electron chi connectivity index (χ0n) is 19.1. The zero-order valence-corrected chi connectivity index (χ0v) is 19.1. The summed E-state index contributed by atoms with van der Waals surface area (Å²) in [5.41, 5.74) is 2.63. The monoisotopic (exact) mass is 447 g/mol. The van der Waals surface area contributed by atoms with Crippen molar-refractivity contribution in [3.63, 3.8) is 0 Å². The molecular formula is C26H29N3O4. The molecule has 0 spiro atoms. The number of ether oxygens (including phenoxy) is 3. The third-order valence-corrected chi connectivity index (χ3v) is 6.58. The van der Waals surface area contributed by atoms with Crippen LogP contribution in [-0.4, -0.2) is 62.9 Å². The molecular weight excluding hydrogens is 418 g/mol. The van der Waals surface area contributed by atoms with E-state index in [9.17, 15) is 4.79 Å². The number of pyridine rings is 1. The molecule has 1 aromatic heterocycles. The van der Waals surface area contributed by atoms with Gasteiger partial charge in [0.1, 0.15) is 17.3 Å². The van der Waals surface area contributed by atoms with E-state index in [2.05, 4.69) is 11.0 Å². The van der Waals surface area contributed by atoms with Crippen molar-refractivity contribution >= 4 is 22.6 Å². The predicted molar refractivity (Wildman–Crippen MR) is 127 cm³/mol. The average Bonchev–Trinajstić information content (AvgIpc) is 3.37. The van der Waals surface area contributed by atoms with Gasteiger partial charge in [-0.05, 0) is 37.1 Å². The summed E-state index contributed by atoms with van der Waals surface area (Å²) in [5, 5.41) is 0.885. The normalized spacial score (nSPS) is 18.5. The molecule has 172 valence electrons. The number of aromatic nitrogens is 1. The van der Waals surface area contributed by atoms with Gasteiger partial charge < -0.3 is 24.0 Å². The third-order valence-electron chi connectivity index (χ3n) is 6.58. The number of hydrogen-bond acceptors (Lipinski definition) is 6. The van der Waals surface area contributed by atoms with Crippen molar-refractivity contribution in [1.29, 1.82) is 0 Å². The third kappa shape index (κ3) is 4.09. The second-order valence-electron chi connectivity index (χ2n) is 8.41. The number of anilines is 1. The fraction of sp³-hybridized carbons (Fsp3) is 0.385. The number of nitrogens with zero attached hydrogens (tertiary/aromatic N) is 3. The molecule has 1 amide bonds. The lowest BCUT2D eigenvalue weighted by atomic mass is 10.0. The van der Waals surface area contributed by atoms with E-state index in [1.807, 2.05) is 47.4 Å². The molecule has 5 rings (SSSR count). The number of carbonyl (C=O) groups excluding carboxylic acids is 1. The first-order chi connectivity index (χ1) is 16.2. The molecule has 7 nitrogen and oxygen atoms in total. The summed E-state index contributed by atoms with van der Waals surface area (Å²) in [6.07, 6.45) is 2.03. The highest BCUT2D eigenvalue weighted by molar-refractivity contribution is 6.07. The van der Waals surface area contributed by atoms with Crippen LogP contribution >= 0.6 is 0 Å². The van der Waals surface area contributed by atoms with E-state index in [1.165, 1.54) is 0 Å². The second-order valence-corrected chi connectivity index (χ2v) is 8.41. The molecule has 0 aliphatic carbocycles. The van der Waals surface area contributed by atoms with E-state index in [0.29, 0.717) is 31.9 Å². The Kier molecular flexibility index (Phi) is 6.05. The van der Waals surface area contributed by atoms with E-state index in [0.717, 1.165) is 53.2 Å². The van der Waals surface area contributed by atoms with Crippen LogP contribution in [0.5, 0.6) is 11.5 Å². The summed E-state index contributed by atoms with van der Waals surface area (Å²) in [6.45, 7) is 3.25. The largest absolute Gasteiger partial charge is 0.497 e. The summed E-state index contributed by atoms with van der Waals surface area (Å²) in [5.74, 6) is 2.43. The van der Waals surface area contributed by atoms with Crippen LogP contribution in [0.1, 0.15) is 34.8 Å². The number of morpholine rings is 1. The van der Waals surface area contributed by atoms with Gasteiger partial charge in [-0.15, -0.1) is 0 Å². The molecule has 2 aliphatic rings. The van der Waals surface area contributed by atoms with Crippen molar-refractivity contribution in [3.8, 4) is 11.5 Å². The van der Waals surface area contributed by atoms with Crippen molar-refractivity contribution in [2.45, 2.75) is 18.9 Å². The van der Waals surface area contributed by atoms with Crippen LogP contribution in [0.4, 0.5) is 5.82 Å². The van der Waals surface area contributed by atoms with Gasteiger partial charge in [-0.3, -0.25) is 4.79 Å². The molecule has 33 heavy (non-hydrogen) atoms. The summed E-state index contributed by atoms with van der Waals surface area (Å²) in [6, 6.07) is 15.9. The summed E-state index contributed by atoms with van der Waals surface area (Å²) < 4.78 is 16.5.